The minimum Gasteiger partial charge on any atom is -0.429 e. The van der Waals surface area contributed by atoms with Crippen LogP contribution in [-0.2, 0) is 6.42 Å². The van der Waals surface area contributed by atoms with Crippen molar-refractivity contribution in [3.8, 4) is 11.8 Å². The molecule has 2 aliphatic rings. The minimum atomic E-state index is -0.432. The van der Waals surface area contributed by atoms with Crippen LogP contribution in [0.1, 0.15) is 23.8 Å². The molecule has 9 heteroatoms. The highest BCUT2D eigenvalue weighted by molar-refractivity contribution is 5.65. The summed E-state index contributed by atoms with van der Waals surface area (Å²) in [6, 6.07) is 5.43. The molecule has 5 rings (SSSR count). The molecule has 1 N–H and O–H groups in total. The number of piperazine rings is 1. The van der Waals surface area contributed by atoms with E-state index in [1.807, 2.05) is 26.0 Å². The van der Waals surface area contributed by atoms with E-state index in [4.69, 9.17) is 9.15 Å². The van der Waals surface area contributed by atoms with Crippen LogP contribution < -0.4 is 15.0 Å². The smallest absolute Gasteiger partial charge is 0.326 e. The molecule has 166 valence electrons. The molecule has 32 heavy (non-hydrogen) atoms. The van der Waals surface area contributed by atoms with Crippen LogP contribution >= 0.6 is 0 Å². The lowest BCUT2D eigenvalue weighted by atomic mass is 10.1. The Morgan fingerprint density at radius 1 is 1.09 bits per heavy atom. The number of oxazole rings is 1. The third kappa shape index (κ3) is 4.29. The second-order valence-electron chi connectivity index (χ2n) is 8.34. The van der Waals surface area contributed by atoms with Crippen molar-refractivity contribution in [1.82, 2.24) is 19.9 Å². The highest BCUT2D eigenvalue weighted by Crippen LogP contribution is 2.33. The summed E-state index contributed by atoms with van der Waals surface area (Å²) in [4.78, 5) is 17.6. The molecule has 0 radical (unpaired) electrons. The third-order valence-corrected chi connectivity index (χ3v) is 5.64. The number of benzene rings is 1. The first-order chi connectivity index (χ1) is 15.4. The van der Waals surface area contributed by atoms with Gasteiger partial charge >= 0.3 is 6.01 Å². The zero-order valence-corrected chi connectivity index (χ0v) is 18.4. The van der Waals surface area contributed by atoms with Crippen LogP contribution in [0.2, 0.25) is 0 Å². The minimum absolute atomic E-state index is 0.0600. The summed E-state index contributed by atoms with van der Waals surface area (Å²) in [5.41, 5.74) is 3.11. The van der Waals surface area contributed by atoms with Crippen molar-refractivity contribution in [3.63, 3.8) is 0 Å². The number of aryl methyl sites for hydroxylation is 1. The van der Waals surface area contributed by atoms with E-state index < -0.39 is 5.82 Å². The van der Waals surface area contributed by atoms with Crippen LogP contribution in [0, 0.1) is 12.7 Å². The fourth-order valence-electron chi connectivity index (χ4n) is 3.93. The van der Waals surface area contributed by atoms with Gasteiger partial charge in [-0.25, -0.2) is 9.37 Å². The number of anilines is 3. The summed E-state index contributed by atoms with van der Waals surface area (Å²) in [5.74, 6) is 1.51. The summed E-state index contributed by atoms with van der Waals surface area (Å²) in [5, 5.41) is 3.05. The molecular formula is C23H25FN6O2. The number of nitrogens with zero attached hydrogens (tertiary/aromatic N) is 5. The van der Waals surface area contributed by atoms with Gasteiger partial charge in [-0.1, -0.05) is 11.6 Å². The lowest BCUT2D eigenvalue weighted by Crippen LogP contribution is -2.44. The van der Waals surface area contributed by atoms with Crippen molar-refractivity contribution >= 4 is 23.7 Å². The van der Waals surface area contributed by atoms with Crippen molar-refractivity contribution < 1.29 is 13.5 Å². The molecule has 0 atom stereocenters. The highest BCUT2D eigenvalue weighted by atomic mass is 19.1. The van der Waals surface area contributed by atoms with Crippen molar-refractivity contribution in [2.24, 2.45) is 0 Å². The Kier molecular flexibility index (Phi) is 5.26. The number of nitrogens with one attached hydrogen (secondary N) is 1. The van der Waals surface area contributed by atoms with Gasteiger partial charge in [0.05, 0.1) is 6.20 Å². The Balaban J connectivity index is 1.47. The topological polar surface area (TPSA) is 79.5 Å². The first-order valence-electron chi connectivity index (χ1n) is 10.6. The van der Waals surface area contributed by atoms with Crippen LogP contribution in [-0.4, -0.2) is 53.1 Å². The Labute approximate surface area is 185 Å². The van der Waals surface area contributed by atoms with Gasteiger partial charge in [0.15, 0.2) is 11.6 Å². The van der Waals surface area contributed by atoms with E-state index in [1.165, 1.54) is 11.6 Å². The maximum Gasteiger partial charge on any atom is 0.326 e. The van der Waals surface area contributed by atoms with Gasteiger partial charge in [0.1, 0.15) is 17.4 Å². The second-order valence-corrected chi connectivity index (χ2v) is 8.34. The molecule has 0 unspecified atom stereocenters. The lowest BCUT2D eigenvalue weighted by molar-refractivity contribution is 0.311. The zero-order chi connectivity index (χ0) is 22.2. The Bertz CT molecular complexity index is 1180. The average molecular weight is 436 g/mol. The molecule has 0 amide bonds. The number of allylic oxidation sites excluding steroid dienone is 1. The molecule has 1 saturated heterocycles. The number of rotatable bonds is 5. The van der Waals surface area contributed by atoms with E-state index in [9.17, 15) is 4.39 Å². The Hall–Kier alpha value is -3.46. The lowest BCUT2D eigenvalue weighted by Gasteiger charge is -2.33. The molecule has 2 aromatic heterocycles. The first kappa shape index (κ1) is 20.4. The van der Waals surface area contributed by atoms with Gasteiger partial charge in [-0.2, -0.15) is 9.97 Å². The summed E-state index contributed by atoms with van der Waals surface area (Å²) < 4.78 is 26.1. The average Bonchev–Trinajstić information content (AvgIpc) is 3.32. The monoisotopic (exact) mass is 436 g/mol. The van der Waals surface area contributed by atoms with Crippen LogP contribution in [0.4, 0.5) is 22.0 Å². The highest BCUT2D eigenvalue weighted by Gasteiger charge is 2.20. The van der Waals surface area contributed by atoms with E-state index in [-0.39, 0.29) is 11.8 Å². The van der Waals surface area contributed by atoms with E-state index in [2.05, 4.69) is 37.1 Å². The standard InChI is InChI=1S/C23H25FN6O2/c1-14-8-16-10-18(24)19(11-17(16)9-14)32-23-27-20(26-22-25-13-15(2)31-22)12-21(28-23)30-6-4-29(3)5-7-30/h9-13H,4-8H2,1-3H3,(H,25,26,27,28). The molecule has 1 aliphatic heterocycles. The van der Waals surface area contributed by atoms with Crippen molar-refractivity contribution in [1.29, 1.82) is 0 Å². The first-order valence-corrected chi connectivity index (χ1v) is 10.6. The summed E-state index contributed by atoms with van der Waals surface area (Å²) in [6.07, 6.45) is 4.42. The third-order valence-electron chi connectivity index (χ3n) is 5.64. The summed E-state index contributed by atoms with van der Waals surface area (Å²) in [7, 11) is 2.09. The van der Waals surface area contributed by atoms with Crippen LogP contribution in [0.15, 0.2) is 34.4 Å². The quantitative estimate of drug-likeness (QED) is 0.639. The van der Waals surface area contributed by atoms with Gasteiger partial charge in [-0.15, -0.1) is 0 Å². The summed E-state index contributed by atoms with van der Waals surface area (Å²) in [6.45, 7) is 7.34. The van der Waals surface area contributed by atoms with Gasteiger partial charge < -0.3 is 19.0 Å². The maximum absolute atomic E-state index is 14.7. The Morgan fingerprint density at radius 2 is 1.91 bits per heavy atom. The second kappa shape index (κ2) is 8.23. The molecule has 0 spiro atoms. The van der Waals surface area contributed by atoms with Gasteiger partial charge in [0.2, 0.25) is 0 Å². The zero-order valence-electron chi connectivity index (χ0n) is 18.4. The van der Waals surface area contributed by atoms with Crippen LogP contribution in [0.25, 0.3) is 6.08 Å². The predicted molar refractivity (Wildman–Crippen MR) is 120 cm³/mol. The summed E-state index contributed by atoms with van der Waals surface area (Å²) >= 11 is 0. The van der Waals surface area contributed by atoms with Crippen molar-refractivity contribution in [2.75, 3.05) is 43.4 Å². The SMILES string of the molecule is CC1=Cc2cc(Oc3nc(Nc4ncc(C)o4)cc(N4CCN(C)CC4)n3)c(F)cc2C1. The maximum atomic E-state index is 14.7. The Morgan fingerprint density at radius 3 is 2.66 bits per heavy atom. The number of hydrogen-bond donors (Lipinski definition) is 1. The van der Waals surface area contributed by atoms with Crippen LogP contribution in [0.5, 0.6) is 11.8 Å². The van der Waals surface area contributed by atoms with Gasteiger partial charge in [-0.3, -0.25) is 5.32 Å². The molecule has 1 aliphatic carbocycles. The van der Waals surface area contributed by atoms with E-state index >= 15 is 0 Å². The van der Waals surface area contributed by atoms with Gasteiger partial charge in [0.25, 0.3) is 6.01 Å². The molecule has 0 bridgehead atoms. The molecule has 1 fully saturated rings. The molecular weight excluding hydrogens is 411 g/mol. The molecule has 3 heterocycles. The number of ether oxygens (including phenoxy) is 1. The number of halogens is 1. The fraction of sp³-hybridized carbons (Fsp3) is 0.348. The predicted octanol–water partition coefficient (Wildman–Crippen LogP) is 4.16. The van der Waals surface area contributed by atoms with Crippen molar-refractivity contribution in [3.05, 3.63) is 52.7 Å². The van der Waals surface area contributed by atoms with Gasteiger partial charge in [0, 0.05) is 32.2 Å². The molecule has 1 aromatic carbocycles. The number of likely N-dealkylation sites (N-methyl/N-ethyl adjacent to an activating group) is 1. The largest absolute Gasteiger partial charge is 0.429 e. The van der Waals surface area contributed by atoms with E-state index in [1.54, 1.807) is 12.3 Å². The molecule has 3 aromatic rings. The van der Waals surface area contributed by atoms with Crippen molar-refractivity contribution in [2.45, 2.75) is 20.3 Å². The normalized spacial score (nSPS) is 16.1. The number of fused-ring (bicyclic) bond motifs is 1. The number of aromatic nitrogens is 3. The fourth-order valence-corrected chi connectivity index (χ4v) is 3.93. The van der Waals surface area contributed by atoms with Gasteiger partial charge in [-0.05, 0) is 50.6 Å². The van der Waals surface area contributed by atoms with Crippen LogP contribution in [0.3, 0.4) is 0 Å². The van der Waals surface area contributed by atoms with E-state index in [0.29, 0.717) is 23.4 Å². The van der Waals surface area contributed by atoms with E-state index in [0.717, 1.165) is 43.7 Å². The number of hydrogen-bond acceptors (Lipinski definition) is 8. The molecule has 0 saturated carbocycles. The molecule has 8 nitrogen and oxygen atoms in total.